The van der Waals surface area contributed by atoms with Gasteiger partial charge in [0, 0.05) is 24.4 Å². The molecule has 0 bridgehead atoms. The number of anilines is 1. The first-order chi connectivity index (χ1) is 8.26. The minimum atomic E-state index is -0.319. The molecule has 1 N–H and O–H groups in total. The molecule has 0 atom stereocenters. The summed E-state index contributed by atoms with van der Waals surface area (Å²) in [5.41, 5.74) is 0.942. The van der Waals surface area contributed by atoms with Crippen molar-refractivity contribution in [2.24, 2.45) is 0 Å². The second-order valence-corrected chi connectivity index (χ2v) is 3.27. The molecule has 0 saturated carbocycles. The summed E-state index contributed by atoms with van der Waals surface area (Å²) in [7, 11) is 1.62. The Morgan fingerprint density at radius 1 is 1.47 bits per heavy atom. The van der Waals surface area contributed by atoms with Crippen molar-refractivity contribution in [1.29, 1.82) is 0 Å². The van der Waals surface area contributed by atoms with Gasteiger partial charge in [0.25, 0.3) is 0 Å². The van der Waals surface area contributed by atoms with Gasteiger partial charge < -0.3 is 14.8 Å². The number of ether oxygens (including phenoxy) is 2. The fourth-order valence-electron chi connectivity index (χ4n) is 1.26. The van der Waals surface area contributed by atoms with Crippen molar-refractivity contribution in [3.63, 3.8) is 0 Å². The highest BCUT2D eigenvalue weighted by Gasteiger charge is 1.94. The molecule has 0 unspecified atom stereocenters. The van der Waals surface area contributed by atoms with Gasteiger partial charge in [-0.1, -0.05) is 12.1 Å². The van der Waals surface area contributed by atoms with E-state index in [0.29, 0.717) is 13.2 Å². The van der Waals surface area contributed by atoms with Crippen LogP contribution in [0, 0.1) is 0 Å². The van der Waals surface area contributed by atoms with E-state index in [4.69, 9.17) is 9.47 Å². The normalized spacial score (nSPS) is 10.2. The van der Waals surface area contributed by atoms with Crippen molar-refractivity contribution in [3.8, 4) is 5.75 Å². The third-order valence-electron chi connectivity index (χ3n) is 2.03. The average molecular weight is 235 g/mol. The van der Waals surface area contributed by atoms with Gasteiger partial charge in [-0.3, -0.25) is 0 Å². The largest absolute Gasteiger partial charge is 0.497 e. The Morgan fingerprint density at radius 3 is 3.00 bits per heavy atom. The van der Waals surface area contributed by atoms with Crippen LogP contribution in [0.3, 0.4) is 0 Å². The predicted molar refractivity (Wildman–Crippen MR) is 67.3 cm³/mol. The molecule has 4 heteroatoms. The molecule has 0 amide bonds. The third-order valence-corrected chi connectivity index (χ3v) is 2.03. The number of nitrogens with one attached hydrogen (secondary N) is 1. The first-order valence-corrected chi connectivity index (χ1v) is 5.47. The maximum Gasteiger partial charge on any atom is 0.330 e. The molecular weight excluding hydrogens is 218 g/mol. The van der Waals surface area contributed by atoms with Crippen LogP contribution in [0.1, 0.15) is 6.92 Å². The van der Waals surface area contributed by atoms with E-state index in [1.165, 1.54) is 6.08 Å². The van der Waals surface area contributed by atoms with Gasteiger partial charge in [0.1, 0.15) is 5.75 Å². The van der Waals surface area contributed by atoms with Crippen molar-refractivity contribution in [2.75, 3.05) is 25.6 Å². The molecule has 1 aromatic carbocycles. The van der Waals surface area contributed by atoms with E-state index in [1.807, 2.05) is 24.3 Å². The first-order valence-electron chi connectivity index (χ1n) is 5.47. The number of rotatable bonds is 6. The number of hydrogen-bond donors (Lipinski definition) is 1. The zero-order valence-electron chi connectivity index (χ0n) is 10.1. The topological polar surface area (TPSA) is 47.6 Å². The minimum absolute atomic E-state index is 0.319. The van der Waals surface area contributed by atoms with E-state index in [2.05, 4.69) is 5.32 Å². The van der Waals surface area contributed by atoms with Crippen LogP contribution in [0.25, 0.3) is 0 Å². The molecule has 0 fully saturated rings. The quantitative estimate of drug-likeness (QED) is 0.606. The number of esters is 1. The van der Waals surface area contributed by atoms with E-state index in [0.717, 1.165) is 11.4 Å². The molecule has 1 aromatic rings. The smallest absolute Gasteiger partial charge is 0.330 e. The van der Waals surface area contributed by atoms with Crippen molar-refractivity contribution in [2.45, 2.75) is 6.92 Å². The summed E-state index contributed by atoms with van der Waals surface area (Å²) in [4.78, 5) is 11.0. The lowest BCUT2D eigenvalue weighted by Crippen LogP contribution is -2.02. The molecule has 0 aliphatic heterocycles. The summed E-state index contributed by atoms with van der Waals surface area (Å²) < 4.78 is 9.86. The molecule has 0 saturated heterocycles. The lowest BCUT2D eigenvalue weighted by Gasteiger charge is -2.05. The van der Waals surface area contributed by atoms with Crippen LogP contribution in [-0.4, -0.2) is 26.2 Å². The third kappa shape index (κ3) is 5.06. The molecule has 17 heavy (non-hydrogen) atoms. The van der Waals surface area contributed by atoms with Crippen LogP contribution in [0.2, 0.25) is 0 Å². The predicted octanol–water partition coefficient (Wildman–Crippen LogP) is 2.23. The molecule has 1 rings (SSSR count). The zero-order valence-corrected chi connectivity index (χ0v) is 10.1. The van der Waals surface area contributed by atoms with Crippen molar-refractivity contribution >= 4 is 11.7 Å². The highest BCUT2D eigenvalue weighted by molar-refractivity contribution is 5.81. The number of carbonyl (C=O) groups is 1. The van der Waals surface area contributed by atoms with Crippen molar-refractivity contribution < 1.29 is 14.3 Å². The SMILES string of the molecule is CCOC(=O)/C=C/CNc1cccc(OC)c1. The summed E-state index contributed by atoms with van der Waals surface area (Å²) in [5, 5.41) is 3.14. The van der Waals surface area contributed by atoms with Crippen LogP contribution in [0.15, 0.2) is 36.4 Å². The molecule has 0 aliphatic carbocycles. The van der Waals surface area contributed by atoms with Crippen molar-refractivity contribution in [3.05, 3.63) is 36.4 Å². The first kappa shape index (κ1) is 13.1. The lowest BCUT2D eigenvalue weighted by molar-refractivity contribution is -0.137. The Kier molecular flexibility index (Phi) is 5.64. The summed E-state index contributed by atoms with van der Waals surface area (Å²) in [6, 6.07) is 7.59. The molecule has 0 spiro atoms. The number of hydrogen-bond acceptors (Lipinski definition) is 4. The van der Waals surface area contributed by atoms with Gasteiger partial charge in [0.05, 0.1) is 13.7 Å². The molecule has 0 aromatic heterocycles. The summed E-state index contributed by atoms with van der Waals surface area (Å²) in [6.45, 7) is 2.73. The van der Waals surface area contributed by atoms with Gasteiger partial charge in [-0.2, -0.15) is 0 Å². The Morgan fingerprint density at radius 2 is 2.29 bits per heavy atom. The molecule has 0 heterocycles. The van der Waals surface area contributed by atoms with Gasteiger partial charge in [-0.05, 0) is 19.1 Å². The Bertz CT molecular complexity index is 388. The Labute approximate surface area is 101 Å². The zero-order chi connectivity index (χ0) is 12.5. The fraction of sp³-hybridized carbons (Fsp3) is 0.308. The number of methoxy groups -OCH3 is 1. The maximum atomic E-state index is 11.0. The molecular formula is C13H17NO3. The second kappa shape index (κ2) is 7.33. The standard InChI is InChI=1S/C13H17NO3/c1-3-17-13(15)8-5-9-14-11-6-4-7-12(10-11)16-2/h4-8,10,14H,3,9H2,1-2H3/b8-5+. The minimum Gasteiger partial charge on any atom is -0.497 e. The second-order valence-electron chi connectivity index (χ2n) is 3.27. The molecule has 0 radical (unpaired) electrons. The Balaban J connectivity index is 2.37. The Hall–Kier alpha value is -1.97. The average Bonchev–Trinajstić information content (AvgIpc) is 2.35. The van der Waals surface area contributed by atoms with Gasteiger partial charge in [0.15, 0.2) is 0 Å². The molecule has 92 valence electrons. The van der Waals surface area contributed by atoms with E-state index in [1.54, 1.807) is 20.1 Å². The van der Waals surface area contributed by atoms with E-state index >= 15 is 0 Å². The van der Waals surface area contributed by atoms with E-state index in [-0.39, 0.29) is 5.97 Å². The summed E-state index contributed by atoms with van der Waals surface area (Å²) in [5.74, 6) is 0.476. The van der Waals surface area contributed by atoms with Crippen LogP contribution in [-0.2, 0) is 9.53 Å². The van der Waals surface area contributed by atoms with Gasteiger partial charge in [0.2, 0.25) is 0 Å². The maximum absolute atomic E-state index is 11.0. The number of carbonyl (C=O) groups excluding carboxylic acids is 1. The lowest BCUT2D eigenvalue weighted by atomic mass is 10.3. The van der Waals surface area contributed by atoms with Gasteiger partial charge in [-0.25, -0.2) is 4.79 Å². The highest BCUT2D eigenvalue weighted by atomic mass is 16.5. The summed E-state index contributed by atoms with van der Waals surface area (Å²) >= 11 is 0. The molecule has 0 aliphatic rings. The van der Waals surface area contributed by atoms with Crippen LogP contribution < -0.4 is 10.1 Å². The fourth-order valence-corrected chi connectivity index (χ4v) is 1.26. The monoisotopic (exact) mass is 235 g/mol. The van der Waals surface area contributed by atoms with E-state index in [9.17, 15) is 4.79 Å². The van der Waals surface area contributed by atoms with Crippen molar-refractivity contribution in [1.82, 2.24) is 0 Å². The number of benzene rings is 1. The summed E-state index contributed by atoms with van der Waals surface area (Å²) in [6.07, 6.45) is 3.13. The highest BCUT2D eigenvalue weighted by Crippen LogP contribution is 2.16. The van der Waals surface area contributed by atoms with Gasteiger partial charge >= 0.3 is 5.97 Å². The molecule has 4 nitrogen and oxygen atoms in total. The van der Waals surface area contributed by atoms with Crippen LogP contribution >= 0.6 is 0 Å². The van der Waals surface area contributed by atoms with E-state index < -0.39 is 0 Å². The van der Waals surface area contributed by atoms with Crippen LogP contribution in [0.4, 0.5) is 5.69 Å². The van der Waals surface area contributed by atoms with Crippen LogP contribution in [0.5, 0.6) is 5.75 Å². The van der Waals surface area contributed by atoms with Gasteiger partial charge in [-0.15, -0.1) is 0 Å².